The Morgan fingerprint density at radius 3 is 2.29 bits per heavy atom. The summed E-state index contributed by atoms with van der Waals surface area (Å²) < 4.78 is 73.2. The van der Waals surface area contributed by atoms with Crippen LogP contribution in [0.15, 0.2) is 18.2 Å². The molecule has 0 aliphatic carbocycles. The number of rotatable bonds is 4. The van der Waals surface area contributed by atoms with E-state index in [0.717, 1.165) is 6.07 Å². The Bertz CT molecular complexity index is 514. The number of halogens is 7. The molecule has 0 unspecified atom stereocenters. The molecule has 1 aromatic carbocycles. The molecule has 0 heterocycles. The van der Waals surface area contributed by atoms with Crippen LogP contribution in [-0.4, -0.2) is 25.2 Å². The van der Waals surface area contributed by atoms with E-state index in [4.69, 9.17) is 11.6 Å². The van der Waals surface area contributed by atoms with Crippen molar-refractivity contribution in [3.8, 4) is 0 Å². The molecule has 1 rings (SSSR count). The highest BCUT2D eigenvalue weighted by molar-refractivity contribution is 6.31. The Balaban J connectivity index is 2.62. The summed E-state index contributed by atoms with van der Waals surface area (Å²) in [6, 6.07) is 2.81. The molecule has 2 N–H and O–H groups in total. The third-order valence-corrected chi connectivity index (χ3v) is 2.54. The minimum atomic E-state index is -4.67. The van der Waals surface area contributed by atoms with Crippen molar-refractivity contribution in [2.45, 2.75) is 12.4 Å². The Morgan fingerprint density at radius 1 is 1.14 bits per heavy atom. The molecule has 10 heteroatoms. The molecule has 118 valence electrons. The summed E-state index contributed by atoms with van der Waals surface area (Å²) in [5.41, 5.74) is -1.20. The molecule has 0 aliphatic rings. The van der Waals surface area contributed by atoms with Crippen molar-refractivity contribution in [2.24, 2.45) is 0 Å². The lowest BCUT2D eigenvalue weighted by Gasteiger charge is -2.13. The molecule has 0 bridgehead atoms. The maximum atomic E-state index is 12.6. The maximum absolute atomic E-state index is 12.6. The van der Waals surface area contributed by atoms with Gasteiger partial charge in [0.05, 0.1) is 17.1 Å². The normalized spacial score (nSPS) is 12.1. The second kappa shape index (κ2) is 6.42. The van der Waals surface area contributed by atoms with Crippen LogP contribution >= 0.6 is 11.6 Å². The molecule has 0 spiro atoms. The average molecular weight is 335 g/mol. The predicted octanol–water partition coefficient (Wildman–Crippen LogP) is 3.45. The largest absolute Gasteiger partial charge is 0.417 e. The smallest absolute Gasteiger partial charge is 0.376 e. The Morgan fingerprint density at radius 2 is 1.76 bits per heavy atom. The summed E-state index contributed by atoms with van der Waals surface area (Å²) in [5, 5.41) is 3.34. The Labute approximate surface area is 120 Å². The van der Waals surface area contributed by atoms with Crippen molar-refractivity contribution in [2.75, 3.05) is 18.4 Å². The first kappa shape index (κ1) is 17.4. The zero-order valence-corrected chi connectivity index (χ0v) is 11.0. The van der Waals surface area contributed by atoms with Gasteiger partial charge in [-0.3, -0.25) is 4.79 Å². The molecule has 0 saturated heterocycles. The van der Waals surface area contributed by atoms with Crippen LogP contribution < -0.4 is 10.6 Å². The van der Waals surface area contributed by atoms with Crippen LogP contribution in [0.25, 0.3) is 0 Å². The Hall–Kier alpha value is -1.64. The minimum absolute atomic E-state index is 0.0890. The van der Waals surface area contributed by atoms with Crippen LogP contribution in [0.3, 0.4) is 0 Å². The first-order valence-corrected chi connectivity index (χ1v) is 5.81. The van der Waals surface area contributed by atoms with E-state index in [1.807, 2.05) is 0 Å². The van der Waals surface area contributed by atoms with E-state index >= 15 is 0 Å². The van der Waals surface area contributed by atoms with Gasteiger partial charge in [0.15, 0.2) is 0 Å². The van der Waals surface area contributed by atoms with E-state index in [-0.39, 0.29) is 5.69 Å². The number of carbonyl (C=O) groups excluding carboxylic acids is 1. The van der Waals surface area contributed by atoms with E-state index in [1.54, 1.807) is 5.32 Å². The number of carbonyl (C=O) groups is 1. The molecule has 1 aromatic rings. The summed E-state index contributed by atoms with van der Waals surface area (Å²) >= 11 is 5.39. The molecule has 0 saturated carbocycles. The van der Waals surface area contributed by atoms with Crippen molar-refractivity contribution in [1.82, 2.24) is 5.32 Å². The summed E-state index contributed by atoms with van der Waals surface area (Å²) in [6.45, 7) is -2.11. The third kappa shape index (κ3) is 6.11. The molecular weight excluding hydrogens is 326 g/mol. The van der Waals surface area contributed by atoms with Crippen molar-refractivity contribution >= 4 is 23.2 Å². The number of anilines is 1. The molecule has 0 aliphatic heterocycles. The predicted molar refractivity (Wildman–Crippen MR) is 64.0 cm³/mol. The highest BCUT2D eigenvalue weighted by Crippen LogP contribution is 2.36. The highest BCUT2D eigenvalue weighted by atomic mass is 35.5. The van der Waals surface area contributed by atoms with E-state index in [2.05, 4.69) is 5.32 Å². The van der Waals surface area contributed by atoms with Gasteiger partial charge in [-0.25, -0.2) is 0 Å². The fourth-order valence-electron chi connectivity index (χ4n) is 1.30. The van der Waals surface area contributed by atoms with Gasteiger partial charge in [0.1, 0.15) is 6.54 Å². The van der Waals surface area contributed by atoms with E-state index in [9.17, 15) is 31.1 Å². The highest BCUT2D eigenvalue weighted by Gasteiger charge is 2.33. The van der Waals surface area contributed by atoms with E-state index in [1.165, 1.54) is 6.07 Å². The topological polar surface area (TPSA) is 41.1 Å². The van der Waals surface area contributed by atoms with Gasteiger partial charge in [-0.2, -0.15) is 26.3 Å². The average Bonchev–Trinajstić information content (AvgIpc) is 2.33. The van der Waals surface area contributed by atoms with E-state index in [0.29, 0.717) is 6.07 Å². The monoisotopic (exact) mass is 334 g/mol. The van der Waals surface area contributed by atoms with Crippen LogP contribution in [0.2, 0.25) is 5.02 Å². The van der Waals surface area contributed by atoms with Crippen LogP contribution in [-0.2, 0) is 11.0 Å². The van der Waals surface area contributed by atoms with Gasteiger partial charge in [-0.1, -0.05) is 11.6 Å². The molecule has 0 fully saturated rings. The van der Waals surface area contributed by atoms with Crippen LogP contribution in [0.1, 0.15) is 5.56 Å². The number of benzene rings is 1. The summed E-state index contributed by atoms with van der Waals surface area (Å²) in [5.74, 6) is -1.00. The zero-order valence-electron chi connectivity index (χ0n) is 10.2. The van der Waals surface area contributed by atoms with Gasteiger partial charge in [0, 0.05) is 5.69 Å². The number of hydrogen-bond acceptors (Lipinski definition) is 2. The maximum Gasteiger partial charge on any atom is 0.417 e. The van der Waals surface area contributed by atoms with Crippen LogP contribution in [0.4, 0.5) is 32.0 Å². The summed E-state index contributed by atoms with van der Waals surface area (Å²) in [4.78, 5) is 11.1. The van der Waals surface area contributed by atoms with Crippen LogP contribution in [0.5, 0.6) is 0 Å². The second-order valence-electron chi connectivity index (χ2n) is 3.94. The van der Waals surface area contributed by atoms with Gasteiger partial charge >= 0.3 is 12.4 Å². The van der Waals surface area contributed by atoms with Crippen molar-refractivity contribution in [3.63, 3.8) is 0 Å². The lowest BCUT2D eigenvalue weighted by atomic mass is 10.2. The number of hydrogen-bond donors (Lipinski definition) is 2. The van der Waals surface area contributed by atoms with Crippen molar-refractivity contribution in [3.05, 3.63) is 28.8 Å². The van der Waals surface area contributed by atoms with Gasteiger partial charge in [-0.15, -0.1) is 0 Å². The van der Waals surface area contributed by atoms with E-state index < -0.39 is 41.9 Å². The third-order valence-electron chi connectivity index (χ3n) is 2.21. The van der Waals surface area contributed by atoms with Crippen molar-refractivity contribution in [1.29, 1.82) is 0 Å². The van der Waals surface area contributed by atoms with Gasteiger partial charge in [-0.05, 0) is 18.2 Å². The minimum Gasteiger partial charge on any atom is -0.376 e. The standard InChI is InChI=1S/C11H9ClF6N2O/c12-8-2-1-6(3-7(8)11(16,17)18)19-4-9(21)20-5-10(13,14)15/h1-3,19H,4-5H2,(H,20,21). The number of nitrogens with one attached hydrogen (secondary N) is 2. The molecule has 3 nitrogen and oxygen atoms in total. The SMILES string of the molecule is O=C(CNc1ccc(Cl)c(C(F)(F)F)c1)NCC(F)(F)F. The molecule has 0 atom stereocenters. The first-order valence-electron chi connectivity index (χ1n) is 5.43. The quantitative estimate of drug-likeness (QED) is 0.828. The van der Waals surface area contributed by atoms with Crippen LogP contribution in [0, 0.1) is 0 Å². The number of amides is 1. The molecule has 21 heavy (non-hydrogen) atoms. The molecule has 0 aromatic heterocycles. The summed E-state index contributed by atoms with van der Waals surface area (Å²) in [6.07, 6.45) is -9.23. The fraction of sp³-hybridized carbons (Fsp3) is 0.364. The summed E-state index contributed by atoms with van der Waals surface area (Å²) in [7, 11) is 0. The number of alkyl halides is 6. The second-order valence-corrected chi connectivity index (χ2v) is 4.35. The fourth-order valence-corrected chi connectivity index (χ4v) is 1.52. The first-order chi connectivity index (χ1) is 9.49. The molecule has 1 amide bonds. The van der Waals surface area contributed by atoms with Gasteiger partial charge < -0.3 is 10.6 Å². The lowest BCUT2D eigenvalue weighted by Crippen LogP contribution is -2.37. The van der Waals surface area contributed by atoms with Crippen molar-refractivity contribution < 1.29 is 31.1 Å². The van der Waals surface area contributed by atoms with Gasteiger partial charge in [0.25, 0.3) is 0 Å². The molecule has 0 radical (unpaired) electrons. The lowest BCUT2D eigenvalue weighted by molar-refractivity contribution is -0.137. The molecular formula is C11H9ClF6N2O. The Kier molecular flexibility index (Phi) is 5.32. The van der Waals surface area contributed by atoms with Gasteiger partial charge in [0.2, 0.25) is 5.91 Å². The zero-order chi connectivity index (χ0) is 16.3.